The molecule has 0 bridgehead atoms. The van der Waals surface area contributed by atoms with Crippen molar-refractivity contribution in [2.75, 3.05) is 19.8 Å². The lowest BCUT2D eigenvalue weighted by Crippen LogP contribution is -2.46. The van der Waals surface area contributed by atoms with Gasteiger partial charge < -0.3 is 26.2 Å². The van der Waals surface area contributed by atoms with Gasteiger partial charge >= 0.3 is 7.82 Å². The highest BCUT2D eigenvalue weighted by Gasteiger charge is 2.27. The van der Waals surface area contributed by atoms with E-state index in [1.165, 1.54) is 167 Å². The fraction of sp³-hybridized carbons (Fsp3) is 0.933. The van der Waals surface area contributed by atoms with Crippen LogP contribution in [-0.4, -0.2) is 59.0 Å². The molecule has 0 spiro atoms. The van der Waals surface area contributed by atoms with Gasteiger partial charge in [0.25, 0.3) is 0 Å². The maximum absolute atomic E-state index is 12.8. The summed E-state index contributed by atoms with van der Waals surface area (Å²) in [6.45, 7) is 4.00. The lowest BCUT2D eigenvalue weighted by molar-refractivity contribution is -0.124. The zero-order chi connectivity index (χ0) is 40.5. The highest BCUT2D eigenvalue weighted by molar-refractivity contribution is 7.47. The predicted molar refractivity (Wildman–Crippen MR) is 232 cm³/mol. The number of aliphatic hydroxyl groups excluding tert-OH is 2. The van der Waals surface area contributed by atoms with Gasteiger partial charge in [-0.25, -0.2) is 4.57 Å². The number of aliphatic hydroxyl groups is 2. The molecular formula is C45H91N2O7P. The Morgan fingerprint density at radius 3 is 1.40 bits per heavy atom. The van der Waals surface area contributed by atoms with Crippen molar-refractivity contribution < 1.29 is 33.5 Å². The summed E-state index contributed by atoms with van der Waals surface area (Å²) >= 11 is 0. The fourth-order valence-corrected chi connectivity index (χ4v) is 7.88. The average molecular weight is 803 g/mol. The number of phosphoric ester groups is 1. The van der Waals surface area contributed by atoms with Crippen LogP contribution in [0.25, 0.3) is 0 Å². The molecule has 0 aromatic carbocycles. The second-order valence-corrected chi connectivity index (χ2v) is 17.6. The van der Waals surface area contributed by atoms with Crippen LogP contribution in [-0.2, 0) is 18.4 Å². The molecule has 0 saturated carbocycles. The second kappa shape index (κ2) is 41.4. The molecule has 10 heteroatoms. The van der Waals surface area contributed by atoms with Crippen LogP contribution < -0.4 is 11.1 Å². The maximum atomic E-state index is 12.8. The van der Waals surface area contributed by atoms with Crippen LogP contribution >= 0.6 is 7.82 Å². The second-order valence-electron chi connectivity index (χ2n) is 16.2. The quantitative estimate of drug-likeness (QED) is 0.0232. The van der Waals surface area contributed by atoms with Gasteiger partial charge in [-0.1, -0.05) is 219 Å². The van der Waals surface area contributed by atoms with Crippen molar-refractivity contribution in [1.82, 2.24) is 5.32 Å². The zero-order valence-corrected chi connectivity index (χ0v) is 36.9. The van der Waals surface area contributed by atoms with Crippen LogP contribution in [0, 0.1) is 0 Å². The molecule has 0 radical (unpaired) electrons. The van der Waals surface area contributed by atoms with Gasteiger partial charge in [-0.15, -0.1) is 0 Å². The lowest BCUT2D eigenvalue weighted by Gasteiger charge is -2.24. The first-order valence-corrected chi connectivity index (χ1v) is 24.9. The minimum atomic E-state index is -4.40. The van der Waals surface area contributed by atoms with Crippen LogP contribution in [0.4, 0.5) is 0 Å². The molecule has 0 aromatic rings. The SMILES string of the molecule is CCCCCCCCCCCCCCCCC/C=C/C(O)C(COP(=O)(O)OCCN)NC(=O)CC(O)CCCCCCCCCCCCCCCCCC. The molecule has 1 amide bonds. The van der Waals surface area contributed by atoms with Gasteiger partial charge in [-0.2, -0.15) is 0 Å². The summed E-state index contributed by atoms with van der Waals surface area (Å²) in [6, 6.07) is -0.977. The van der Waals surface area contributed by atoms with Gasteiger partial charge in [0.1, 0.15) is 0 Å². The Bertz CT molecular complexity index is 893. The number of nitrogens with one attached hydrogen (secondary N) is 1. The third kappa shape index (κ3) is 39.8. The van der Waals surface area contributed by atoms with Gasteiger partial charge in [0, 0.05) is 6.54 Å². The summed E-state index contributed by atoms with van der Waals surface area (Å²) in [6.07, 6.45) is 42.9. The van der Waals surface area contributed by atoms with Crippen molar-refractivity contribution >= 4 is 13.7 Å². The van der Waals surface area contributed by atoms with Crippen LogP contribution in [0.1, 0.15) is 232 Å². The van der Waals surface area contributed by atoms with Crippen LogP contribution in [0.15, 0.2) is 12.2 Å². The molecule has 0 aliphatic rings. The van der Waals surface area contributed by atoms with Crippen molar-refractivity contribution in [3.8, 4) is 0 Å². The Labute approximate surface area is 339 Å². The first-order valence-electron chi connectivity index (χ1n) is 23.4. The number of rotatable bonds is 44. The summed E-state index contributed by atoms with van der Waals surface area (Å²) < 4.78 is 22.1. The normalized spacial score (nSPS) is 14.7. The van der Waals surface area contributed by atoms with Crippen molar-refractivity contribution in [2.24, 2.45) is 5.73 Å². The van der Waals surface area contributed by atoms with E-state index in [0.717, 1.165) is 38.5 Å². The van der Waals surface area contributed by atoms with E-state index in [1.54, 1.807) is 6.08 Å². The zero-order valence-electron chi connectivity index (χ0n) is 36.0. The average Bonchev–Trinajstić information content (AvgIpc) is 3.16. The number of hydrogen-bond acceptors (Lipinski definition) is 7. The van der Waals surface area contributed by atoms with E-state index < -0.39 is 38.6 Å². The van der Waals surface area contributed by atoms with Crippen LogP contribution in [0.5, 0.6) is 0 Å². The standard InChI is InChI=1S/C45H91N2O7P/c1-3-5-7-9-11-13-15-17-19-21-23-25-27-29-31-33-35-37-44(49)43(41-54-55(51,52)53-39-38-46)47-45(50)40-42(48)36-34-32-30-28-26-24-22-20-18-16-14-12-10-8-6-4-2/h35,37,42-44,48-49H,3-34,36,38-41,46H2,1-2H3,(H,47,50)(H,51,52)/b37-35+. The van der Waals surface area contributed by atoms with Gasteiger partial charge in [0.2, 0.25) is 5.91 Å². The summed E-state index contributed by atoms with van der Waals surface area (Å²) in [4.78, 5) is 22.8. The van der Waals surface area contributed by atoms with Gasteiger partial charge in [-0.3, -0.25) is 13.8 Å². The van der Waals surface area contributed by atoms with Crippen molar-refractivity contribution in [3.63, 3.8) is 0 Å². The Hall–Kier alpha value is -0.800. The minimum Gasteiger partial charge on any atom is -0.393 e. The maximum Gasteiger partial charge on any atom is 0.472 e. The predicted octanol–water partition coefficient (Wildman–Crippen LogP) is 12.1. The molecule has 0 saturated heterocycles. The number of unbranched alkanes of at least 4 members (excludes halogenated alkanes) is 30. The smallest absolute Gasteiger partial charge is 0.393 e. The molecule has 55 heavy (non-hydrogen) atoms. The largest absolute Gasteiger partial charge is 0.472 e. The number of allylic oxidation sites excluding steroid dienone is 1. The fourth-order valence-electron chi connectivity index (χ4n) is 7.12. The Kier molecular flexibility index (Phi) is 40.8. The van der Waals surface area contributed by atoms with E-state index in [4.69, 9.17) is 14.8 Å². The highest BCUT2D eigenvalue weighted by Crippen LogP contribution is 2.43. The van der Waals surface area contributed by atoms with E-state index >= 15 is 0 Å². The first-order chi connectivity index (χ1) is 26.8. The van der Waals surface area contributed by atoms with Crippen molar-refractivity contribution in [3.05, 3.63) is 12.2 Å². The summed E-state index contributed by atoms with van der Waals surface area (Å²) in [5.41, 5.74) is 5.37. The Morgan fingerprint density at radius 1 is 0.618 bits per heavy atom. The topological polar surface area (TPSA) is 151 Å². The number of carbonyl (C=O) groups is 1. The molecule has 0 fully saturated rings. The third-order valence-corrected chi connectivity index (χ3v) is 11.7. The van der Waals surface area contributed by atoms with Gasteiger partial charge in [0.05, 0.1) is 37.9 Å². The summed E-state index contributed by atoms with van der Waals surface area (Å²) in [5.74, 6) is -0.442. The summed E-state index contributed by atoms with van der Waals surface area (Å²) in [5, 5.41) is 24.1. The third-order valence-electron chi connectivity index (χ3n) is 10.7. The van der Waals surface area contributed by atoms with E-state index in [1.807, 2.05) is 6.08 Å². The van der Waals surface area contributed by atoms with Gasteiger partial charge in [0.15, 0.2) is 0 Å². The number of hydrogen-bond donors (Lipinski definition) is 5. The number of phosphoric acid groups is 1. The molecule has 4 unspecified atom stereocenters. The first kappa shape index (κ1) is 54.2. The number of carbonyl (C=O) groups excluding carboxylic acids is 1. The number of nitrogens with two attached hydrogens (primary N) is 1. The molecule has 0 rings (SSSR count). The van der Waals surface area contributed by atoms with E-state index in [0.29, 0.717) is 6.42 Å². The monoisotopic (exact) mass is 803 g/mol. The molecule has 6 N–H and O–H groups in total. The van der Waals surface area contributed by atoms with E-state index in [2.05, 4.69) is 19.2 Å². The number of amides is 1. The molecule has 0 heterocycles. The molecule has 0 aromatic heterocycles. The molecule has 4 atom stereocenters. The van der Waals surface area contributed by atoms with E-state index in [9.17, 15) is 24.5 Å². The molecular weight excluding hydrogens is 711 g/mol. The summed E-state index contributed by atoms with van der Waals surface area (Å²) in [7, 11) is -4.40. The van der Waals surface area contributed by atoms with Crippen molar-refractivity contribution in [2.45, 2.75) is 250 Å². The molecule has 0 aliphatic heterocycles. The van der Waals surface area contributed by atoms with E-state index in [-0.39, 0.29) is 19.6 Å². The van der Waals surface area contributed by atoms with Crippen LogP contribution in [0.3, 0.4) is 0 Å². The van der Waals surface area contributed by atoms with Crippen LogP contribution in [0.2, 0.25) is 0 Å². The molecule has 9 nitrogen and oxygen atoms in total. The van der Waals surface area contributed by atoms with Gasteiger partial charge in [-0.05, 0) is 19.3 Å². The molecule has 0 aliphatic carbocycles. The Balaban J connectivity index is 4.26. The minimum absolute atomic E-state index is 0.0516. The highest BCUT2D eigenvalue weighted by atomic mass is 31.2. The van der Waals surface area contributed by atoms with Crippen molar-refractivity contribution in [1.29, 1.82) is 0 Å². The lowest BCUT2D eigenvalue weighted by atomic mass is 10.0. The Morgan fingerprint density at radius 2 is 1.00 bits per heavy atom. The molecule has 328 valence electrons.